The van der Waals surface area contributed by atoms with Crippen molar-refractivity contribution in [1.29, 1.82) is 0 Å². The summed E-state index contributed by atoms with van der Waals surface area (Å²) >= 11 is 7.77. The van der Waals surface area contributed by atoms with Gasteiger partial charge in [0, 0.05) is 39.1 Å². The number of aromatic nitrogens is 1. The molecule has 1 fully saturated rings. The molecule has 0 saturated heterocycles. The lowest BCUT2D eigenvalue weighted by atomic mass is 9.92. The molecule has 30 heavy (non-hydrogen) atoms. The van der Waals surface area contributed by atoms with Gasteiger partial charge in [-0.2, -0.15) is 0 Å². The van der Waals surface area contributed by atoms with Gasteiger partial charge in [-0.25, -0.2) is 0 Å². The van der Waals surface area contributed by atoms with Crippen LogP contribution in [0.15, 0.2) is 70.7 Å². The highest BCUT2D eigenvalue weighted by Crippen LogP contribution is 2.33. The number of benzene rings is 2. The van der Waals surface area contributed by atoms with E-state index in [-0.39, 0.29) is 12.1 Å². The molecule has 7 heteroatoms. The minimum absolute atomic E-state index is 0.208. The number of hydrogen-bond donors (Lipinski definition) is 4. The Kier molecular flexibility index (Phi) is 6.71. The highest BCUT2D eigenvalue weighted by molar-refractivity contribution is 7.99. The molecule has 1 heterocycles. The lowest BCUT2D eigenvalue weighted by Gasteiger charge is -2.28. The van der Waals surface area contributed by atoms with Crippen LogP contribution < -0.4 is 11.1 Å². The number of hydrogen-bond acceptors (Lipinski definition) is 5. The first-order chi connectivity index (χ1) is 14.5. The van der Waals surface area contributed by atoms with Crippen LogP contribution in [0.4, 0.5) is 5.69 Å². The second-order valence-electron chi connectivity index (χ2n) is 7.64. The van der Waals surface area contributed by atoms with Crippen LogP contribution in [0, 0.1) is 0 Å². The molecule has 1 unspecified atom stereocenters. The maximum absolute atomic E-state index is 10.0. The Hall–Kier alpha value is -1.96. The van der Waals surface area contributed by atoms with Crippen LogP contribution in [0.25, 0.3) is 5.69 Å². The van der Waals surface area contributed by atoms with Gasteiger partial charge in [-0.3, -0.25) is 0 Å². The summed E-state index contributed by atoms with van der Waals surface area (Å²) in [7, 11) is 0. The number of nitrogens with two attached hydrogens (primary N) is 1. The van der Waals surface area contributed by atoms with E-state index in [0.717, 1.165) is 47.0 Å². The summed E-state index contributed by atoms with van der Waals surface area (Å²) in [6.07, 6.45) is 4.11. The van der Waals surface area contributed by atoms with E-state index in [1.54, 1.807) is 11.8 Å². The molecule has 4 rings (SSSR count). The predicted octanol–water partition coefficient (Wildman–Crippen LogP) is 4.95. The van der Waals surface area contributed by atoms with E-state index in [4.69, 9.17) is 17.3 Å². The summed E-state index contributed by atoms with van der Waals surface area (Å²) in [5, 5.41) is 25.1. The minimum Gasteiger partial charge on any atom is -0.393 e. The van der Waals surface area contributed by atoms with Crippen LogP contribution >= 0.6 is 23.4 Å². The normalized spacial score (nSPS) is 20.1. The molecule has 1 atom stereocenters. The second-order valence-corrected chi connectivity index (χ2v) is 9.17. The number of anilines is 1. The van der Waals surface area contributed by atoms with Gasteiger partial charge in [-0.05, 0) is 68.1 Å². The van der Waals surface area contributed by atoms with Gasteiger partial charge in [-0.1, -0.05) is 35.5 Å². The quantitative estimate of drug-likeness (QED) is 0.405. The number of nitrogens with one attached hydrogen (secondary N) is 1. The average molecular weight is 444 g/mol. The van der Waals surface area contributed by atoms with Crippen LogP contribution in [0.2, 0.25) is 5.02 Å². The van der Waals surface area contributed by atoms with Crippen molar-refractivity contribution in [2.75, 3.05) is 5.32 Å². The van der Waals surface area contributed by atoms with E-state index < -0.39 is 6.23 Å². The Morgan fingerprint density at radius 3 is 2.60 bits per heavy atom. The fourth-order valence-corrected chi connectivity index (χ4v) is 5.07. The van der Waals surface area contributed by atoms with Gasteiger partial charge in [0.1, 0.15) is 6.23 Å². The molecule has 0 bridgehead atoms. The summed E-state index contributed by atoms with van der Waals surface area (Å²) in [5.41, 5.74) is 8.29. The molecule has 0 aliphatic heterocycles. The number of aliphatic hydroxyl groups excluding tert-OH is 2. The SMILES string of the molecule is NC(O)c1ccc(-n2cccc2Sc2cccc(Cl)c2)cc1NC1CCC(O)CC1. The van der Waals surface area contributed by atoms with Gasteiger partial charge in [0.05, 0.1) is 11.1 Å². The molecular weight excluding hydrogens is 418 g/mol. The topological polar surface area (TPSA) is 83.4 Å². The maximum atomic E-state index is 10.0. The van der Waals surface area contributed by atoms with Crippen molar-refractivity contribution in [3.8, 4) is 5.69 Å². The predicted molar refractivity (Wildman–Crippen MR) is 122 cm³/mol. The van der Waals surface area contributed by atoms with Gasteiger partial charge in [0.25, 0.3) is 0 Å². The van der Waals surface area contributed by atoms with Crippen LogP contribution in [-0.2, 0) is 0 Å². The van der Waals surface area contributed by atoms with E-state index in [1.807, 2.05) is 54.7 Å². The molecule has 1 saturated carbocycles. The molecular formula is C23H26ClN3O2S. The number of nitrogens with zero attached hydrogens (tertiary/aromatic N) is 1. The van der Waals surface area contributed by atoms with Gasteiger partial charge in [0.2, 0.25) is 0 Å². The fourth-order valence-electron chi connectivity index (χ4n) is 3.83. The molecule has 5 N–H and O–H groups in total. The molecule has 0 amide bonds. The first kappa shape index (κ1) is 21.3. The number of rotatable bonds is 6. The van der Waals surface area contributed by atoms with Crippen molar-refractivity contribution in [2.45, 2.75) is 54.0 Å². The zero-order valence-electron chi connectivity index (χ0n) is 16.5. The molecule has 158 valence electrons. The highest BCUT2D eigenvalue weighted by Gasteiger charge is 2.21. The Labute approximate surface area is 185 Å². The zero-order chi connectivity index (χ0) is 21.1. The van der Waals surface area contributed by atoms with Crippen molar-refractivity contribution in [1.82, 2.24) is 4.57 Å². The first-order valence-electron chi connectivity index (χ1n) is 10.1. The molecule has 1 aliphatic carbocycles. The van der Waals surface area contributed by atoms with Gasteiger partial charge >= 0.3 is 0 Å². The summed E-state index contributed by atoms with van der Waals surface area (Å²) in [6, 6.07) is 18.0. The molecule has 0 radical (unpaired) electrons. The highest BCUT2D eigenvalue weighted by atomic mass is 35.5. The monoisotopic (exact) mass is 443 g/mol. The maximum Gasteiger partial charge on any atom is 0.130 e. The average Bonchev–Trinajstić information content (AvgIpc) is 3.17. The molecule has 2 aromatic carbocycles. The van der Waals surface area contributed by atoms with Crippen molar-refractivity contribution in [3.05, 3.63) is 71.4 Å². The minimum atomic E-state index is -1.05. The van der Waals surface area contributed by atoms with E-state index >= 15 is 0 Å². The van der Waals surface area contributed by atoms with Crippen LogP contribution in [-0.4, -0.2) is 26.9 Å². The zero-order valence-corrected chi connectivity index (χ0v) is 18.1. The molecule has 3 aromatic rings. The smallest absolute Gasteiger partial charge is 0.130 e. The number of aliphatic hydroxyl groups is 2. The van der Waals surface area contributed by atoms with Crippen molar-refractivity contribution >= 4 is 29.1 Å². The van der Waals surface area contributed by atoms with E-state index in [1.165, 1.54) is 0 Å². The van der Waals surface area contributed by atoms with Gasteiger partial charge in [0.15, 0.2) is 0 Å². The number of halogens is 1. The molecule has 0 spiro atoms. The van der Waals surface area contributed by atoms with E-state index in [2.05, 4.69) is 16.0 Å². The van der Waals surface area contributed by atoms with Crippen molar-refractivity contribution < 1.29 is 10.2 Å². The first-order valence-corrected chi connectivity index (χ1v) is 11.3. The molecule has 1 aliphatic rings. The van der Waals surface area contributed by atoms with Gasteiger partial charge < -0.3 is 25.8 Å². The van der Waals surface area contributed by atoms with Crippen LogP contribution in [0.3, 0.4) is 0 Å². The molecule has 1 aromatic heterocycles. The third-order valence-corrected chi connectivity index (χ3v) is 6.69. The largest absolute Gasteiger partial charge is 0.393 e. The molecule has 5 nitrogen and oxygen atoms in total. The second kappa shape index (κ2) is 9.45. The Bertz CT molecular complexity index is 1000. The fraction of sp³-hybridized carbons (Fsp3) is 0.304. The lowest BCUT2D eigenvalue weighted by Crippen LogP contribution is -2.29. The van der Waals surface area contributed by atoms with E-state index in [9.17, 15) is 10.2 Å². The van der Waals surface area contributed by atoms with Gasteiger partial charge in [-0.15, -0.1) is 0 Å². The van der Waals surface area contributed by atoms with E-state index in [0.29, 0.717) is 10.6 Å². The Balaban J connectivity index is 1.61. The summed E-state index contributed by atoms with van der Waals surface area (Å²) in [5.74, 6) is 0. The Morgan fingerprint density at radius 1 is 1.07 bits per heavy atom. The van der Waals surface area contributed by atoms with Crippen molar-refractivity contribution in [2.24, 2.45) is 5.73 Å². The Morgan fingerprint density at radius 2 is 1.87 bits per heavy atom. The summed E-state index contributed by atoms with van der Waals surface area (Å²) in [6.45, 7) is 0. The third kappa shape index (κ3) is 5.02. The van der Waals surface area contributed by atoms with Crippen molar-refractivity contribution in [3.63, 3.8) is 0 Å². The summed E-state index contributed by atoms with van der Waals surface area (Å²) in [4.78, 5) is 1.07. The third-order valence-electron chi connectivity index (χ3n) is 5.42. The lowest BCUT2D eigenvalue weighted by molar-refractivity contribution is 0.126. The standard InChI is InChI=1S/C23H26ClN3O2S/c24-15-3-1-4-19(13-15)30-22-5-2-12-27(22)17-8-11-20(23(25)29)21(14-17)26-16-6-9-18(28)10-7-16/h1-5,8,11-14,16,18,23,26,28-29H,6-7,9-10,25H2. The summed E-state index contributed by atoms with van der Waals surface area (Å²) < 4.78 is 2.11. The van der Waals surface area contributed by atoms with Crippen LogP contribution in [0.5, 0.6) is 0 Å². The van der Waals surface area contributed by atoms with Crippen LogP contribution in [0.1, 0.15) is 37.5 Å².